The number of para-hydroxylation sites is 3. The van der Waals surface area contributed by atoms with Crippen molar-refractivity contribution in [3.05, 3.63) is 291 Å². The summed E-state index contributed by atoms with van der Waals surface area (Å²) in [6.45, 7) is 0. The van der Waals surface area contributed by atoms with Gasteiger partial charge < -0.3 is 33.3 Å². The lowest BCUT2D eigenvalue weighted by Gasteiger charge is -2.13. The van der Waals surface area contributed by atoms with Gasteiger partial charge in [0.25, 0.3) is 0 Å². The van der Waals surface area contributed by atoms with Crippen LogP contribution in [0.5, 0.6) is 0 Å². The number of halogens is 5. The molecule has 15 rings (SSSR count). The zero-order chi connectivity index (χ0) is 69.1. The van der Waals surface area contributed by atoms with Crippen LogP contribution in [0.2, 0.25) is 0 Å². The first kappa shape index (κ1) is 71.4. The fourth-order valence-corrected chi connectivity index (χ4v) is 15.3. The first-order chi connectivity index (χ1) is 47.5. The molecule has 4 N–H and O–H groups in total. The molecule has 12 aromatic carbocycles. The summed E-state index contributed by atoms with van der Waals surface area (Å²) in [5, 5.41) is 97.6. The average molecular weight is 1660 g/mol. The minimum absolute atomic E-state index is 0. The number of hydrogen-bond donors (Lipinski definition) is 4. The van der Waals surface area contributed by atoms with E-state index in [-0.39, 0.29) is 25.4 Å². The van der Waals surface area contributed by atoms with Crippen LogP contribution in [0.15, 0.2) is 268 Å². The van der Waals surface area contributed by atoms with Crippen molar-refractivity contribution in [3.63, 3.8) is 0 Å². The fraction of sp³-hybridized carbons (Fsp3) is 0.0127. The Kier molecular flexibility index (Phi) is 23.3. The normalized spacial score (nSPS) is 10.3. The predicted octanol–water partition coefficient (Wildman–Crippen LogP) is 19.9. The van der Waals surface area contributed by atoms with Crippen molar-refractivity contribution in [1.82, 2.24) is 0 Å². The lowest BCUT2D eigenvalue weighted by atomic mass is 9.74. The molecule has 3 heterocycles. The largest absolute Gasteiger partial charge is 0.491 e. The number of rotatable bonds is 6. The maximum Gasteiger partial charge on any atom is 0.491 e. The molecular formula is C79H49B2Br4IN6O7. The van der Waals surface area contributed by atoms with E-state index in [0.29, 0.717) is 38.8 Å². The maximum absolute atomic E-state index is 9.98. The molecule has 0 aliphatic heterocycles. The Morgan fingerprint density at radius 1 is 0.303 bits per heavy atom. The molecule has 0 saturated heterocycles. The molecule has 20 heteroatoms. The third kappa shape index (κ3) is 16.1. The van der Waals surface area contributed by atoms with E-state index in [4.69, 9.17) is 54.4 Å². The lowest BCUT2D eigenvalue weighted by Crippen LogP contribution is -2.34. The smallest absolute Gasteiger partial charge is 0.456 e. The number of fused-ring (bicyclic) bond motifs is 9. The molecule has 3 aromatic heterocycles. The topological polar surface area (TPSA) is 263 Å². The Bertz CT molecular complexity index is 5580. The number of benzene rings is 12. The second kappa shape index (κ2) is 32.3. The minimum Gasteiger partial charge on any atom is -0.456 e. The van der Waals surface area contributed by atoms with Crippen molar-refractivity contribution in [2.75, 3.05) is 0 Å². The van der Waals surface area contributed by atoms with E-state index >= 15 is 0 Å². The van der Waals surface area contributed by atoms with Gasteiger partial charge in [0.2, 0.25) is 0 Å². The Balaban J connectivity index is 0.000000166. The Morgan fingerprint density at radius 2 is 0.616 bits per heavy atom. The summed E-state index contributed by atoms with van der Waals surface area (Å²) in [5.74, 6) is 0. The summed E-state index contributed by atoms with van der Waals surface area (Å²) in [6.07, 6.45) is 0. The molecule has 99 heavy (non-hydrogen) atoms. The van der Waals surface area contributed by atoms with Gasteiger partial charge in [0.1, 0.15) is 33.5 Å². The molecule has 15 aromatic rings. The highest BCUT2D eigenvalue weighted by molar-refractivity contribution is 14.1. The second-order valence-corrected chi connectivity index (χ2v) is 26.6. The summed E-state index contributed by atoms with van der Waals surface area (Å²) < 4.78 is 23.0. The zero-order valence-electron chi connectivity index (χ0n) is 50.8. The summed E-state index contributed by atoms with van der Waals surface area (Å²) in [5.41, 5.74) is 14.4. The van der Waals surface area contributed by atoms with Crippen LogP contribution >= 0.6 is 86.3 Å². The fourth-order valence-electron chi connectivity index (χ4n) is 11.2. The number of nitriles is 6. The van der Waals surface area contributed by atoms with Crippen molar-refractivity contribution in [2.45, 2.75) is 7.43 Å². The Labute approximate surface area is 617 Å². The SMILES string of the molecule is Brc1cc(Br)cc(I)c1.C.N#Cc1cccc(C#N)c1-c1cc(-c2ccc3oc4ccccc4c3c2)cc(-c2ccc3oc4ccccc4c3c2)c1.N#Cc1cccc(C#N)c1-c1cc(Br)cc(Br)c1.N#Cc1cccc(C#N)c1B(O)O.OB(O)c1ccc2oc3ccccc3c2c1.[2HH]. The van der Waals surface area contributed by atoms with Crippen LogP contribution in [0.3, 0.4) is 0 Å². The highest BCUT2D eigenvalue weighted by Gasteiger charge is 2.21. The molecule has 0 unspecified atom stereocenters. The van der Waals surface area contributed by atoms with E-state index in [9.17, 15) is 10.5 Å². The Hall–Kier alpha value is -10.4. The Morgan fingerprint density at radius 3 is 0.970 bits per heavy atom. The molecule has 0 saturated carbocycles. The van der Waals surface area contributed by atoms with Crippen LogP contribution in [0.25, 0.3) is 110 Å². The first-order valence-electron chi connectivity index (χ1n) is 29.5. The number of hydrogen-bond acceptors (Lipinski definition) is 13. The number of nitrogens with zero attached hydrogens (tertiary/aromatic N) is 6. The molecule has 0 radical (unpaired) electrons. The molecule has 0 spiro atoms. The van der Waals surface area contributed by atoms with Gasteiger partial charge in [-0.2, -0.15) is 31.6 Å². The molecule has 13 nitrogen and oxygen atoms in total. The van der Waals surface area contributed by atoms with Crippen molar-refractivity contribution in [1.29, 1.82) is 31.6 Å². The van der Waals surface area contributed by atoms with Crippen molar-refractivity contribution >= 4 is 177 Å². The van der Waals surface area contributed by atoms with Gasteiger partial charge >= 0.3 is 14.2 Å². The van der Waals surface area contributed by atoms with Crippen molar-refractivity contribution in [3.8, 4) is 80.9 Å². The zero-order valence-corrected chi connectivity index (χ0v) is 59.3. The first-order valence-corrected chi connectivity index (χ1v) is 33.7. The van der Waals surface area contributed by atoms with E-state index in [1.54, 1.807) is 66.7 Å². The van der Waals surface area contributed by atoms with E-state index in [0.717, 1.165) is 117 Å². The molecule has 0 aliphatic rings. The summed E-state index contributed by atoms with van der Waals surface area (Å²) >= 11 is 15.8. The van der Waals surface area contributed by atoms with Crippen LogP contribution < -0.4 is 10.9 Å². The lowest BCUT2D eigenvalue weighted by molar-refractivity contribution is 0.424. The number of furan rings is 3. The highest BCUT2D eigenvalue weighted by Crippen LogP contribution is 2.41. The van der Waals surface area contributed by atoms with E-state index in [2.05, 4.69) is 177 Å². The highest BCUT2D eigenvalue weighted by atomic mass is 127. The van der Waals surface area contributed by atoms with Gasteiger partial charge in [0, 0.05) is 71.8 Å². The molecule has 0 bridgehead atoms. The van der Waals surface area contributed by atoms with Crippen molar-refractivity contribution in [2.24, 2.45) is 0 Å². The van der Waals surface area contributed by atoms with Crippen LogP contribution in [0, 0.1) is 71.6 Å². The van der Waals surface area contributed by atoms with Gasteiger partial charge in [0.05, 0.1) is 69.8 Å². The molecule has 0 aliphatic carbocycles. The maximum atomic E-state index is 9.98. The van der Waals surface area contributed by atoms with Gasteiger partial charge in [-0.15, -0.1) is 0 Å². The van der Waals surface area contributed by atoms with Crippen LogP contribution in [0.4, 0.5) is 0 Å². The van der Waals surface area contributed by atoms with E-state index in [1.165, 1.54) is 21.8 Å². The van der Waals surface area contributed by atoms with Crippen molar-refractivity contribution < 1.29 is 34.8 Å². The van der Waals surface area contributed by atoms with Gasteiger partial charge in [-0.25, -0.2) is 0 Å². The van der Waals surface area contributed by atoms with E-state index < -0.39 is 14.2 Å². The second-order valence-electron chi connectivity index (χ2n) is 21.7. The van der Waals surface area contributed by atoms with Gasteiger partial charge in [-0.3, -0.25) is 0 Å². The van der Waals surface area contributed by atoms with Crippen LogP contribution in [0.1, 0.15) is 42.2 Å². The molecule has 0 fully saturated rings. The average Bonchev–Trinajstić information content (AvgIpc) is 1.44. The molecular weight excluding hydrogens is 1610 g/mol. The quantitative estimate of drug-likeness (QED) is 0.0892. The standard InChI is InChI=1S/C38H20N2O2.C14H6Br2N2.C12H9BO3.C8H5BN2O2.C6H3Br2I.CH4.H2/c39-21-25-6-5-7-26(22-40)38(25)29-17-27(23-12-14-36-32(19-23)30-8-1-3-10-34(30)41-36)16-28(18-29)24-13-15-37-33(20-24)31-9-2-4-11-35(31)42-37;15-12-4-11(5-13(16)6-12)14-9(7-17)2-1-3-10(14)8-18;14-13(15)8-5-6-12-10(7-8)9-3-1-2-4-11(9)16-12;10-4-6-2-1-3-7(5-11)8(6)9(12)13;7-4-1-5(8)3-6(9)2-4;;/h1-20H;1-6H;1-7,14-15H;1-3,12-13H;1-3H;1H4;1H/i;;;;;;1+1. The van der Waals surface area contributed by atoms with Crippen LogP contribution in [-0.2, 0) is 0 Å². The van der Waals surface area contributed by atoms with Gasteiger partial charge in [-0.1, -0.05) is 168 Å². The van der Waals surface area contributed by atoms with Gasteiger partial charge in [0.15, 0.2) is 0 Å². The monoisotopic (exact) mass is 1660 g/mol. The van der Waals surface area contributed by atoms with Gasteiger partial charge in [-0.05, 0) is 201 Å². The predicted molar refractivity (Wildman–Crippen MR) is 416 cm³/mol. The third-order valence-electron chi connectivity index (χ3n) is 15.5. The summed E-state index contributed by atoms with van der Waals surface area (Å²) in [7, 11) is -3.23. The molecule has 0 amide bonds. The molecule has 0 atom stereocenters. The van der Waals surface area contributed by atoms with Crippen LogP contribution in [-0.4, -0.2) is 34.3 Å². The third-order valence-corrected chi connectivity index (χ3v) is 18.0. The summed E-state index contributed by atoms with van der Waals surface area (Å²) in [4.78, 5) is 0. The summed E-state index contributed by atoms with van der Waals surface area (Å²) in [6, 6.07) is 86.6. The van der Waals surface area contributed by atoms with E-state index in [1.807, 2.05) is 97.1 Å². The molecule has 478 valence electrons. The minimum atomic E-state index is -1.79.